The molecule has 3 atom stereocenters. The molecule has 2 aromatic carbocycles. The van der Waals surface area contributed by atoms with E-state index in [-0.39, 0.29) is 25.9 Å². The Morgan fingerprint density at radius 1 is 1.06 bits per heavy atom. The number of carboxylic acids is 2. The number of aliphatic hydroxyl groups is 1. The molecule has 0 aliphatic carbocycles. The molecule has 2 amide bonds. The fraction of sp³-hybridized carbons (Fsp3) is 0.360. The molecule has 3 rings (SSSR count). The number of hydrogen-bond donors (Lipinski definition) is 4. The molecule has 1 saturated heterocycles. The average Bonchev–Trinajstić information content (AvgIpc) is 2.83. The van der Waals surface area contributed by atoms with Crippen LogP contribution in [-0.4, -0.2) is 69.2 Å². The second-order valence-corrected chi connectivity index (χ2v) is 9.04. The third-order valence-corrected chi connectivity index (χ3v) is 6.21. The Labute approximate surface area is 207 Å². The number of amides is 2. The number of piperidine rings is 1. The molecule has 186 valence electrons. The number of likely N-dealkylation sites (tertiary alicyclic amines) is 1. The Bertz CT molecular complexity index is 1090. The maximum atomic E-state index is 12.7. The van der Waals surface area contributed by atoms with Crippen molar-refractivity contribution in [3.05, 3.63) is 59.1 Å². The summed E-state index contributed by atoms with van der Waals surface area (Å²) < 4.78 is 0. The number of halogens is 1. The van der Waals surface area contributed by atoms with Crippen molar-refractivity contribution in [2.45, 2.75) is 37.8 Å². The standard InChI is InChI=1S/C25H27ClN2O7/c26-19-5-1-3-17(12-19)16-8-6-15(7-9-16)11-20(13-21(29)25(34)35)27-22(30)23(31)28-10-2-4-18(14-28)24(32)33/h1,3,5-9,12,18,20-21,29H,2,4,10-11,13-14H2,(H,27,30)(H,32,33)(H,34,35)/t18?,20-,21-/m1/s1. The Morgan fingerprint density at radius 2 is 1.77 bits per heavy atom. The lowest BCUT2D eigenvalue weighted by atomic mass is 9.97. The first-order valence-electron chi connectivity index (χ1n) is 11.2. The summed E-state index contributed by atoms with van der Waals surface area (Å²) in [5.74, 6) is -5.03. The number of hydrogen-bond acceptors (Lipinski definition) is 5. The van der Waals surface area contributed by atoms with Gasteiger partial charge in [-0.05, 0) is 48.1 Å². The highest BCUT2D eigenvalue weighted by atomic mass is 35.5. The van der Waals surface area contributed by atoms with Gasteiger partial charge in [-0.25, -0.2) is 4.79 Å². The highest BCUT2D eigenvalue weighted by molar-refractivity contribution is 6.35. The second kappa shape index (κ2) is 11.8. The smallest absolute Gasteiger partial charge is 0.332 e. The van der Waals surface area contributed by atoms with Crippen LogP contribution < -0.4 is 5.32 Å². The van der Waals surface area contributed by atoms with Gasteiger partial charge >= 0.3 is 23.8 Å². The van der Waals surface area contributed by atoms with Crippen molar-refractivity contribution < 1.29 is 34.5 Å². The molecule has 1 heterocycles. The highest BCUT2D eigenvalue weighted by Gasteiger charge is 2.32. The van der Waals surface area contributed by atoms with Crippen LogP contribution in [0.2, 0.25) is 5.02 Å². The lowest BCUT2D eigenvalue weighted by Crippen LogP contribution is -2.51. The molecular weight excluding hydrogens is 476 g/mol. The minimum atomic E-state index is -1.73. The van der Waals surface area contributed by atoms with E-state index in [4.69, 9.17) is 16.7 Å². The average molecular weight is 503 g/mol. The van der Waals surface area contributed by atoms with Crippen molar-refractivity contribution in [1.29, 1.82) is 0 Å². The molecule has 10 heteroatoms. The lowest BCUT2D eigenvalue weighted by molar-refractivity contribution is -0.151. The van der Waals surface area contributed by atoms with Crippen LogP contribution in [0.3, 0.4) is 0 Å². The number of carbonyl (C=O) groups excluding carboxylic acids is 2. The monoisotopic (exact) mass is 502 g/mol. The van der Waals surface area contributed by atoms with Gasteiger partial charge in [0.25, 0.3) is 0 Å². The van der Waals surface area contributed by atoms with Gasteiger partial charge in [0, 0.05) is 30.6 Å². The van der Waals surface area contributed by atoms with Gasteiger partial charge in [0.05, 0.1) is 5.92 Å². The van der Waals surface area contributed by atoms with Crippen LogP contribution in [0.25, 0.3) is 11.1 Å². The van der Waals surface area contributed by atoms with Gasteiger partial charge in [0.15, 0.2) is 6.10 Å². The third-order valence-electron chi connectivity index (χ3n) is 5.97. The minimum Gasteiger partial charge on any atom is -0.481 e. The molecule has 9 nitrogen and oxygen atoms in total. The number of nitrogens with zero attached hydrogens (tertiary/aromatic N) is 1. The summed E-state index contributed by atoms with van der Waals surface area (Å²) in [6.45, 7) is 0.207. The van der Waals surface area contributed by atoms with Crippen molar-refractivity contribution >= 4 is 35.4 Å². The zero-order valence-electron chi connectivity index (χ0n) is 18.9. The molecule has 1 aliphatic rings. The summed E-state index contributed by atoms with van der Waals surface area (Å²) in [6.07, 6.45) is -0.957. The van der Waals surface area contributed by atoms with Crippen molar-refractivity contribution in [2.24, 2.45) is 5.92 Å². The van der Waals surface area contributed by atoms with Gasteiger partial charge < -0.3 is 25.5 Å². The predicted molar refractivity (Wildman–Crippen MR) is 128 cm³/mol. The number of nitrogens with one attached hydrogen (secondary N) is 1. The van der Waals surface area contributed by atoms with Crippen molar-refractivity contribution in [3.63, 3.8) is 0 Å². The fourth-order valence-electron chi connectivity index (χ4n) is 4.10. The summed E-state index contributed by atoms with van der Waals surface area (Å²) in [5, 5.41) is 31.3. The Morgan fingerprint density at radius 3 is 2.40 bits per heavy atom. The summed E-state index contributed by atoms with van der Waals surface area (Å²) >= 11 is 6.05. The van der Waals surface area contributed by atoms with E-state index >= 15 is 0 Å². The number of aliphatic carboxylic acids is 2. The summed E-state index contributed by atoms with van der Waals surface area (Å²) in [4.78, 5) is 48.9. The van der Waals surface area contributed by atoms with Crippen LogP contribution in [-0.2, 0) is 25.6 Å². The maximum Gasteiger partial charge on any atom is 0.332 e. The number of benzene rings is 2. The molecule has 0 aromatic heterocycles. The van der Waals surface area contributed by atoms with Gasteiger partial charge in [-0.1, -0.05) is 48.0 Å². The van der Waals surface area contributed by atoms with Crippen LogP contribution >= 0.6 is 11.6 Å². The number of carbonyl (C=O) groups is 4. The van der Waals surface area contributed by atoms with E-state index in [1.807, 2.05) is 42.5 Å². The second-order valence-electron chi connectivity index (χ2n) is 8.60. The van der Waals surface area contributed by atoms with Crippen molar-refractivity contribution in [3.8, 4) is 11.1 Å². The largest absolute Gasteiger partial charge is 0.481 e. The van der Waals surface area contributed by atoms with Crippen molar-refractivity contribution in [1.82, 2.24) is 10.2 Å². The van der Waals surface area contributed by atoms with E-state index in [2.05, 4.69) is 5.32 Å². The minimum absolute atomic E-state index is 0.0605. The molecule has 1 fully saturated rings. The normalized spacial score (nSPS) is 17.3. The molecule has 0 bridgehead atoms. The SMILES string of the molecule is O=C(N[C@H](Cc1ccc(-c2cccc(Cl)c2)cc1)C[C@@H](O)C(=O)O)C(=O)N1CCCC(C(=O)O)C1. The third kappa shape index (κ3) is 7.27. The number of rotatable bonds is 8. The summed E-state index contributed by atoms with van der Waals surface area (Å²) in [7, 11) is 0. The van der Waals surface area contributed by atoms with Gasteiger partial charge in [0.1, 0.15) is 0 Å². The van der Waals surface area contributed by atoms with Gasteiger partial charge in [-0.2, -0.15) is 0 Å². The van der Waals surface area contributed by atoms with Crippen LogP contribution in [0.1, 0.15) is 24.8 Å². The molecule has 1 aliphatic heterocycles. The molecule has 0 saturated carbocycles. The molecule has 2 aromatic rings. The van der Waals surface area contributed by atoms with E-state index in [0.29, 0.717) is 17.9 Å². The van der Waals surface area contributed by atoms with Crippen LogP contribution in [0.5, 0.6) is 0 Å². The first-order chi connectivity index (χ1) is 16.6. The fourth-order valence-corrected chi connectivity index (χ4v) is 4.29. The Hall–Kier alpha value is -3.43. The molecular formula is C25H27ClN2O7. The molecule has 0 spiro atoms. The molecule has 0 radical (unpaired) electrons. The van der Waals surface area contributed by atoms with Gasteiger partial charge in [-0.3, -0.25) is 14.4 Å². The van der Waals surface area contributed by atoms with Gasteiger partial charge in [-0.15, -0.1) is 0 Å². The lowest BCUT2D eigenvalue weighted by Gasteiger charge is -2.30. The zero-order valence-corrected chi connectivity index (χ0v) is 19.6. The predicted octanol–water partition coefficient (Wildman–Crippen LogP) is 2.19. The van der Waals surface area contributed by atoms with E-state index in [1.54, 1.807) is 6.07 Å². The Balaban J connectivity index is 1.70. The van der Waals surface area contributed by atoms with Gasteiger partial charge in [0.2, 0.25) is 0 Å². The van der Waals surface area contributed by atoms with Crippen LogP contribution in [0.4, 0.5) is 0 Å². The van der Waals surface area contributed by atoms with E-state index in [1.165, 1.54) is 4.90 Å². The topological polar surface area (TPSA) is 144 Å². The van der Waals surface area contributed by atoms with E-state index < -0.39 is 41.8 Å². The first kappa shape index (κ1) is 26.2. The summed E-state index contributed by atoms with van der Waals surface area (Å²) in [5.41, 5.74) is 2.59. The number of carboxylic acid groups (broad SMARTS) is 2. The van der Waals surface area contributed by atoms with Crippen molar-refractivity contribution in [2.75, 3.05) is 13.1 Å². The van der Waals surface area contributed by atoms with Crippen LogP contribution in [0.15, 0.2) is 48.5 Å². The maximum absolute atomic E-state index is 12.7. The summed E-state index contributed by atoms with van der Waals surface area (Å²) in [6, 6.07) is 13.8. The van der Waals surface area contributed by atoms with E-state index in [0.717, 1.165) is 16.7 Å². The number of aliphatic hydroxyl groups excluding tert-OH is 1. The zero-order chi connectivity index (χ0) is 25.5. The molecule has 4 N–H and O–H groups in total. The first-order valence-corrected chi connectivity index (χ1v) is 11.6. The molecule has 1 unspecified atom stereocenters. The quantitative estimate of drug-likeness (QED) is 0.405. The van der Waals surface area contributed by atoms with Crippen LogP contribution in [0, 0.1) is 5.92 Å². The molecule has 35 heavy (non-hydrogen) atoms. The van der Waals surface area contributed by atoms with E-state index in [9.17, 15) is 29.4 Å². The Kier molecular flexibility index (Phi) is 8.84. The highest BCUT2D eigenvalue weighted by Crippen LogP contribution is 2.23.